The van der Waals surface area contributed by atoms with Crippen molar-refractivity contribution < 1.29 is 14.2 Å². The van der Waals surface area contributed by atoms with Gasteiger partial charge in [0.15, 0.2) is 17.5 Å². The number of hydrogen-bond donors (Lipinski definition) is 2. The van der Waals surface area contributed by atoms with Crippen LogP contribution in [0.1, 0.15) is 25.8 Å². The highest BCUT2D eigenvalue weighted by atomic mass is 127. The first-order valence-corrected chi connectivity index (χ1v) is 8.86. The fourth-order valence-electron chi connectivity index (χ4n) is 2.17. The van der Waals surface area contributed by atoms with E-state index in [0.717, 1.165) is 37.7 Å². The molecule has 0 spiro atoms. The van der Waals surface area contributed by atoms with Gasteiger partial charge in [-0.3, -0.25) is 4.99 Å². The minimum atomic E-state index is 0. The number of ether oxygens (including phenoxy) is 3. The summed E-state index contributed by atoms with van der Waals surface area (Å²) in [5.41, 5.74) is 1.04. The number of halogens is 1. The summed E-state index contributed by atoms with van der Waals surface area (Å²) < 4.78 is 16.4. The second-order valence-corrected chi connectivity index (χ2v) is 6.15. The van der Waals surface area contributed by atoms with Crippen LogP contribution in [0.5, 0.6) is 11.5 Å². The van der Waals surface area contributed by atoms with E-state index < -0.39 is 0 Å². The zero-order valence-corrected chi connectivity index (χ0v) is 19.0. The normalized spacial score (nSPS) is 10.7. The van der Waals surface area contributed by atoms with E-state index >= 15 is 0 Å². The molecule has 0 aliphatic rings. The summed E-state index contributed by atoms with van der Waals surface area (Å²) in [4.78, 5) is 4.23. The fraction of sp³-hybridized carbons (Fsp3) is 0.550. The molecule has 0 aromatic heterocycles. The first-order valence-electron chi connectivity index (χ1n) is 8.86. The van der Waals surface area contributed by atoms with Crippen LogP contribution in [0.2, 0.25) is 0 Å². The molecule has 152 valence electrons. The van der Waals surface area contributed by atoms with Gasteiger partial charge >= 0.3 is 0 Å². The minimum Gasteiger partial charge on any atom is -0.493 e. The third-order valence-corrected chi connectivity index (χ3v) is 3.43. The molecule has 7 heteroatoms. The number of aliphatic imine (C=N–C) groups is 1. The van der Waals surface area contributed by atoms with E-state index in [9.17, 15) is 0 Å². The van der Waals surface area contributed by atoms with Gasteiger partial charge < -0.3 is 24.8 Å². The van der Waals surface area contributed by atoms with Gasteiger partial charge in [-0.15, -0.1) is 30.4 Å². The van der Waals surface area contributed by atoms with E-state index in [2.05, 4.69) is 35.4 Å². The molecule has 0 bridgehead atoms. The number of methoxy groups -OCH3 is 1. The number of nitrogens with one attached hydrogen (secondary N) is 2. The van der Waals surface area contributed by atoms with Crippen molar-refractivity contribution in [3.8, 4) is 23.8 Å². The first kappa shape index (κ1) is 25.3. The van der Waals surface area contributed by atoms with E-state index in [0.29, 0.717) is 24.0 Å². The van der Waals surface area contributed by atoms with Gasteiger partial charge in [0.25, 0.3) is 0 Å². The Balaban J connectivity index is 0.00000676. The maximum absolute atomic E-state index is 5.57. The van der Waals surface area contributed by atoms with Crippen molar-refractivity contribution in [3.63, 3.8) is 0 Å². The van der Waals surface area contributed by atoms with Gasteiger partial charge in [0, 0.05) is 33.4 Å². The molecule has 0 heterocycles. The lowest BCUT2D eigenvalue weighted by molar-refractivity contribution is 0.108. The lowest BCUT2D eigenvalue weighted by Gasteiger charge is -2.14. The van der Waals surface area contributed by atoms with E-state index in [4.69, 9.17) is 20.6 Å². The van der Waals surface area contributed by atoms with Crippen molar-refractivity contribution in [1.29, 1.82) is 0 Å². The standard InChI is InChI=1S/C20H31N3O3.HI/c1-6-11-26-19-13-17(8-9-18(19)24-5)14-23-20(21-4)22-10-7-12-25-15-16(2)3;/h1,8-9,13,16H,7,10-12,14-15H2,2-5H3,(H2,21,22,23);1H. The second-order valence-electron chi connectivity index (χ2n) is 6.15. The Morgan fingerprint density at radius 3 is 2.67 bits per heavy atom. The van der Waals surface area contributed by atoms with Crippen molar-refractivity contribution in [2.24, 2.45) is 10.9 Å². The molecular formula is C20H32IN3O3. The predicted octanol–water partition coefficient (Wildman–Crippen LogP) is 3.05. The lowest BCUT2D eigenvalue weighted by atomic mass is 10.2. The van der Waals surface area contributed by atoms with Crippen molar-refractivity contribution in [3.05, 3.63) is 23.8 Å². The van der Waals surface area contributed by atoms with Crippen LogP contribution in [0, 0.1) is 18.3 Å². The smallest absolute Gasteiger partial charge is 0.191 e. The minimum absolute atomic E-state index is 0. The molecule has 1 rings (SSSR count). The molecule has 0 atom stereocenters. The summed E-state index contributed by atoms with van der Waals surface area (Å²) in [5.74, 6) is 5.06. The number of hydrogen-bond acceptors (Lipinski definition) is 4. The molecule has 0 unspecified atom stereocenters. The quantitative estimate of drug-likeness (QED) is 0.165. The Morgan fingerprint density at radius 2 is 2.04 bits per heavy atom. The van der Waals surface area contributed by atoms with E-state index in [1.54, 1.807) is 14.2 Å². The molecule has 27 heavy (non-hydrogen) atoms. The van der Waals surface area contributed by atoms with E-state index in [1.165, 1.54) is 0 Å². The third kappa shape index (κ3) is 10.9. The molecule has 1 aromatic rings. The monoisotopic (exact) mass is 489 g/mol. The second kappa shape index (κ2) is 15.4. The molecule has 0 fully saturated rings. The van der Waals surface area contributed by atoms with Crippen LogP contribution in [0.25, 0.3) is 0 Å². The SMILES string of the molecule is C#CCOc1cc(CNC(=NC)NCCCOCC(C)C)ccc1OC.I. The average Bonchev–Trinajstić information content (AvgIpc) is 2.64. The summed E-state index contributed by atoms with van der Waals surface area (Å²) in [6.07, 6.45) is 6.18. The maximum Gasteiger partial charge on any atom is 0.191 e. The van der Waals surface area contributed by atoms with E-state index in [1.807, 2.05) is 18.2 Å². The zero-order valence-electron chi connectivity index (χ0n) is 16.7. The molecule has 2 N–H and O–H groups in total. The van der Waals surface area contributed by atoms with Crippen LogP contribution in [-0.2, 0) is 11.3 Å². The highest BCUT2D eigenvalue weighted by Crippen LogP contribution is 2.27. The predicted molar refractivity (Wildman–Crippen MR) is 121 cm³/mol. The Morgan fingerprint density at radius 1 is 1.26 bits per heavy atom. The fourth-order valence-corrected chi connectivity index (χ4v) is 2.17. The van der Waals surface area contributed by atoms with Gasteiger partial charge in [0.2, 0.25) is 0 Å². The maximum atomic E-state index is 5.57. The topological polar surface area (TPSA) is 64.1 Å². The Labute approximate surface area is 180 Å². The molecule has 0 aliphatic heterocycles. The van der Waals surface area contributed by atoms with Gasteiger partial charge in [-0.05, 0) is 30.0 Å². The van der Waals surface area contributed by atoms with Crippen molar-refractivity contribution in [2.75, 3.05) is 40.5 Å². The summed E-state index contributed by atoms with van der Waals surface area (Å²) in [5, 5.41) is 6.55. The molecule has 1 aromatic carbocycles. The highest BCUT2D eigenvalue weighted by Gasteiger charge is 2.06. The molecule has 6 nitrogen and oxygen atoms in total. The Hall–Kier alpha value is -1.66. The largest absolute Gasteiger partial charge is 0.493 e. The Bertz CT molecular complexity index is 601. The van der Waals surface area contributed by atoms with Crippen LogP contribution in [0.3, 0.4) is 0 Å². The van der Waals surface area contributed by atoms with Gasteiger partial charge in [0.05, 0.1) is 7.11 Å². The molecule has 0 amide bonds. The molecule has 0 saturated heterocycles. The summed E-state index contributed by atoms with van der Waals surface area (Å²) in [6, 6.07) is 5.75. The van der Waals surface area contributed by atoms with Crippen LogP contribution >= 0.6 is 24.0 Å². The van der Waals surface area contributed by atoms with Gasteiger partial charge in [-0.2, -0.15) is 0 Å². The number of nitrogens with zero attached hydrogens (tertiary/aromatic N) is 1. The molecule has 0 aliphatic carbocycles. The summed E-state index contributed by atoms with van der Waals surface area (Å²) >= 11 is 0. The summed E-state index contributed by atoms with van der Waals surface area (Å²) in [6.45, 7) is 7.45. The average molecular weight is 489 g/mol. The number of rotatable bonds is 11. The van der Waals surface area contributed by atoms with Crippen molar-refractivity contribution in [1.82, 2.24) is 10.6 Å². The molecular weight excluding hydrogens is 457 g/mol. The zero-order chi connectivity index (χ0) is 19.2. The van der Waals surface area contributed by atoms with Crippen LogP contribution < -0.4 is 20.1 Å². The van der Waals surface area contributed by atoms with Gasteiger partial charge in [-0.25, -0.2) is 0 Å². The third-order valence-electron chi connectivity index (χ3n) is 3.43. The van der Waals surface area contributed by atoms with Crippen LogP contribution in [0.4, 0.5) is 0 Å². The van der Waals surface area contributed by atoms with Crippen LogP contribution in [0.15, 0.2) is 23.2 Å². The first-order chi connectivity index (χ1) is 12.6. The van der Waals surface area contributed by atoms with Crippen molar-refractivity contribution >= 4 is 29.9 Å². The van der Waals surface area contributed by atoms with Gasteiger partial charge in [-0.1, -0.05) is 25.8 Å². The van der Waals surface area contributed by atoms with E-state index in [-0.39, 0.29) is 30.6 Å². The molecule has 0 radical (unpaired) electrons. The lowest BCUT2D eigenvalue weighted by Crippen LogP contribution is -2.37. The summed E-state index contributed by atoms with van der Waals surface area (Å²) in [7, 11) is 3.35. The number of guanidine groups is 1. The van der Waals surface area contributed by atoms with Crippen LogP contribution in [-0.4, -0.2) is 46.5 Å². The highest BCUT2D eigenvalue weighted by molar-refractivity contribution is 14.0. The number of terminal acetylenes is 1. The number of benzene rings is 1. The Kier molecular flexibility index (Phi) is 14.5. The molecule has 0 saturated carbocycles. The van der Waals surface area contributed by atoms with Crippen molar-refractivity contribution in [2.45, 2.75) is 26.8 Å². The van der Waals surface area contributed by atoms with Gasteiger partial charge in [0.1, 0.15) is 6.61 Å².